The van der Waals surface area contributed by atoms with Crippen LogP contribution in [-0.4, -0.2) is 76.7 Å². The van der Waals surface area contributed by atoms with E-state index in [2.05, 4.69) is 39.4 Å². The molecule has 3 unspecified atom stereocenters. The summed E-state index contributed by atoms with van der Waals surface area (Å²) in [5, 5.41) is 3.54. The number of hydrogen-bond acceptors (Lipinski definition) is 5. The molecule has 0 spiro atoms. The van der Waals surface area contributed by atoms with Gasteiger partial charge in [-0.3, -0.25) is 24.8 Å². The Morgan fingerprint density at radius 1 is 1.00 bits per heavy atom. The Morgan fingerprint density at radius 3 is 2.50 bits per heavy atom. The van der Waals surface area contributed by atoms with E-state index in [9.17, 15) is 14.0 Å². The van der Waals surface area contributed by atoms with E-state index in [1.54, 1.807) is 24.1 Å². The van der Waals surface area contributed by atoms with Gasteiger partial charge in [0.15, 0.2) is 0 Å². The van der Waals surface area contributed by atoms with Crippen LogP contribution >= 0.6 is 0 Å². The van der Waals surface area contributed by atoms with Gasteiger partial charge in [-0.05, 0) is 36.1 Å². The molecule has 0 aliphatic carbocycles. The summed E-state index contributed by atoms with van der Waals surface area (Å²) in [6.45, 7) is 2.77. The first-order chi connectivity index (χ1) is 15.5. The van der Waals surface area contributed by atoms with Crippen molar-refractivity contribution in [3.05, 3.63) is 71.5 Å². The zero-order valence-electron chi connectivity index (χ0n) is 18.2. The van der Waals surface area contributed by atoms with Crippen molar-refractivity contribution in [2.45, 2.75) is 37.9 Å². The second-order valence-corrected chi connectivity index (χ2v) is 8.74. The SMILES string of the molecule is CN1C(=O)N(Cc2ccc(F)cc2)C(=O)C2C1NC1N(CCc3ccccc3)CCCN21. The first kappa shape index (κ1) is 21.1. The van der Waals surface area contributed by atoms with E-state index in [4.69, 9.17) is 0 Å². The van der Waals surface area contributed by atoms with Gasteiger partial charge in [-0.1, -0.05) is 42.5 Å². The lowest BCUT2D eigenvalue weighted by molar-refractivity contribution is -0.140. The third-order valence-electron chi connectivity index (χ3n) is 6.75. The maximum absolute atomic E-state index is 13.5. The average molecular weight is 438 g/mol. The van der Waals surface area contributed by atoms with Crippen LogP contribution in [0.1, 0.15) is 17.5 Å². The molecule has 0 aromatic heterocycles. The smallest absolute Gasteiger partial charge is 0.310 e. The van der Waals surface area contributed by atoms with Gasteiger partial charge in [0, 0.05) is 26.7 Å². The molecule has 168 valence electrons. The van der Waals surface area contributed by atoms with Crippen LogP contribution in [0, 0.1) is 5.82 Å². The van der Waals surface area contributed by atoms with Gasteiger partial charge >= 0.3 is 6.03 Å². The van der Waals surface area contributed by atoms with Crippen molar-refractivity contribution >= 4 is 11.9 Å². The van der Waals surface area contributed by atoms with Crippen LogP contribution in [-0.2, 0) is 17.8 Å². The van der Waals surface area contributed by atoms with Gasteiger partial charge < -0.3 is 4.90 Å². The van der Waals surface area contributed by atoms with Crippen molar-refractivity contribution < 1.29 is 14.0 Å². The minimum Gasteiger partial charge on any atom is -0.310 e. The molecule has 5 rings (SSSR count). The highest BCUT2D eigenvalue weighted by molar-refractivity contribution is 6.00. The van der Waals surface area contributed by atoms with E-state index in [1.807, 2.05) is 6.07 Å². The number of rotatable bonds is 5. The summed E-state index contributed by atoms with van der Waals surface area (Å²) < 4.78 is 13.3. The van der Waals surface area contributed by atoms with Gasteiger partial charge in [0.1, 0.15) is 24.3 Å². The molecule has 3 fully saturated rings. The molecule has 3 heterocycles. The molecule has 32 heavy (non-hydrogen) atoms. The number of nitrogens with zero attached hydrogens (tertiary/aromatic N) is 4. The van der Waals surface area contributed by atoms with Crippen LogP contribution in [0.5, 0.6) is 0 Å². The molecular weight excluding hydrogens is 409 g/mol. The number of fused-ring (bicyclic) bond motifs is 3. The van der Waals surface area contributed by atoms with Crippen molar-refractivity contribution in [3.8, 4) is 0 Å². The highest BCUT2D eigenvalue weighted by Gasteiger charge is 2.55. The zero-order chi connectivity index (χ0) is 22.2. The fraction of sp³-hybridized carbons (Fsp3) is 0.417. The lowest BCUT2D eigenvalue weighted by atomic mass is 10.1. The molecule has 2 aromatic rings. The van der Waals surface area contributed by atoms with Crippen LogP contribution in [0.2, 0.25) is 0 Å². The van der Waals surface area contributed by atoms with Gasteiger partial charge in [0.25, 0.3) is 5.91 Å². The number of halogens is 1. The molecule has 3 aliphatic heterocycles. The molecule has 3 atom stereocenters. The van der Waals surface area contributed by atoms with Crippen LogP contribution in [0.25, 0.3) is 0 Å². The summed E-state index contributed by atoms with van der Waals surface area (Å²) in [6, 6.07) is 15.6. The quantitative estimate of drug-likeness (QED) is 0.776. The van der Waals surface area contributed by atoms with E-state index in [0.29, 0.717) is 0 Å². The molecule has 1 N–H and O–H groups in total. The standard InChI is InChI=1S/C24H28FN5O2/c1-27-21-20(22(31)30(24(27)32)16-18-8-10-19(25)11-9-18)29-14-5-13-28(23(29)26-21)15-12-17-6-3-2-4-7-17/h2-4,6-11,20-21,23,26H,5,12-16H2,1H3. The summed E-state index contributed by atoms with van der Waals surface area (Å²) in [7, 11) is 1.74. The summed E-state index contributed by atoms with van der Waals surface area (Å²) in [4.78, 5) is 34.0. The van der Waals surface area contributed by atoms with Crippen molar-refractivity contribution in [1.29, 1.82) is 0 Å². The molecule has 8 heteroatoms. The predicted molar refractivity (Wildman–Crippen MR) is 118 cm³/mol. The topological polar surface area (TPSA) is 59.1 Å². The third kappa shape index (κ3) is 3.79. The predicted octanol–water partition coefficient (Wildman–Crippen LogP) is 2.05. The van der Waals surface area contributed by atoms with E-state index < -0.39 is 6.04 Å². The fourth-order valence-corrected chi connectivity index (χ4v) is 5.06. The summed E-state index contributed by atoms with van der Waals surface area (Å²) in [5.74, 6) is -0.531. The maximum Gasteiger partial charge on any atom is 0.328 e. The van der Waals surface area contributed by atoms with Gasteiger partial charge in [-0.15, -0.1) is 0 Å². The first-order valence-corrected chi connectivity index (χ1v) is 11.2. The molecule has 3 amide bonds. The Morgan fingerprint density at radius 2 is 1.75 bits per heavy atom. The highest BCUT2D eigenvalue weighted by Crippen LogP contribution is 2.31. The summed E-state index contributed by atoms with van der Waals surface area (Å²) in [6.07, 6.45) is 1.47. The Hall–Kier alpha value is -2.81. The Balaban J connectivity index is 1.33. The normalized spacial score (nSPS) is 26.4. The van der Waals surface area contributed by atoms with Crippen molar-refractivity contribution in [3.63, 3.8) is 0 Å². The molecule has 7 nitrogen and oxygen atoms in total. The Labute approximate surface area is 187 Å². The number of carbonyl (C=O) groups excluding carboxylic acids is 2. The summed E-state index contributed by atoms with van der Waals surface area (Å²) >= 11 is 0. The van der Waals surface area contributed by atoms with Crippen LogP contribution in [0.3, 0.4) is 0 Å². The monoisotopic (exact) mass is 437 g/mol. The number of likely N-dealkylation sites (N-methyl/N-ethyl adjacent to an activating group) is 1. The van der Waals surface area contributed by atoms with Gasteiger partial charge in [0.05, 0.1) is 6.54 Å². The third-order valence-corrected chi connectivity index (χ3v) is 6.75. The second-order valence-electron chi connectivity index (χ2n) is 8.74. The molecule has 0 bridgehead atoms. The van der Waals surface area contributed by atoms with E-state index >= 15 is 0 Å². The molecule has 0 saturated carbocycles. The van der Waals surface area contributed by atoms with E-state index in [-0.39, 0.29) is 36.8 Å². The van der Waals surface area contributed by atoms with E-state index in [0.717, 1.165) is 38.0 Å². The Kier molecular flexibility index (Phi) is 5.67. The average Bonchev–Trinajstić information content (AvgIpc) is 3.21. The largest absolute Gasteiger partial charge is 0.328 e. The van der Waals surface area contributed by atoms with Crippen LogP contribution in [0.4, 0.5) is 9.18 Å². The first-order valence-electron chi connectivity index (χ1n) is 11.2. The maximum atomic E-state index is 13.5. The van der Waals surface area contributed by atoms with Crippen molar-refractivity contribution in [1.82, 2.24) is 24.9 Å². The summed E-state index contributed by atoms with van der Waals surface area (Å²) in [5.41, 5.74) is 2.01. The van der Waals surface area contributed by atoms with Crippen molar-refractivity contribution in [2.24, 2.45) is 0 Å². The second kappa shape index (κ2) is 8.61. The minimum absolute atomic E-state index is 0.0765. The Bertz CT molecular complexity index is 986. The highest BCUT2D eigenvalue weighted by atomic mass is 19.1. The van der Waals surface area contributed by atoms with Gasteiger partial charge in [0.2, 0.25) is 0 Å². The number of nitrogens with one attached hydrogen (secondary N) is 1. The molecule has 2 aromatic carbocycles. The number of hydrogen-bond donors (Lipinski definition) is 1. The van der Waals surface area contributed by atoms with Crippen LogP contribution < -0.4 is 5.32 Å². The number of imide groups is 1. The number of carbonyl (C=O) groups is 2. The molecule has 0 radical (unpaired) electrons. The van der Waals surface area contributed by atoms with Crippen molar-refractivity contribution in [2.75, 3.05) is 26.7 Å². The van der Waals surface area contributed by atoms with E-state index in [1.165, 1.54) is 22.6 Å². The molecular formula is C24H28FN5O2. The van der Waals surface area contributed by atoms with Crippen LogP contribution in [0.15, 0.2) is 54.6 Å². The fourth-order valence-electron chi connectivity index (χ4n) is 5.06. The number of amides is 3. The molecule has 3 saturated heterocycles. The lowest BCUT2D eigenvalue weighted by Gasteiger charge is -2.43. The molecule has 3 aliphatic rings. The minimum atomic E-state index is -0.428. The van der Waals surface area contributed by atoms with Gasteiger partial charge in [-0.25, -0.2) is 9.18 Å². The van der Waals surface area contributed by atoms with Gasteiger partial charge in [-0.2, -0.15) is 0 Å². The number of benzene rings is 2. The number of urea groups is 1. The zero-order valence-corrected chi connectivity index (χ0v) is 18.2. The lowest BCUT2D eigenvalue weighted by Crippen LogP contribution is -2.66.